The van der Waals surface area contributed by atoms with Gasteiger partial charge in [0.05, 0.1) is 12.4 Å². The van der Waals surface area contributed by atoms with Crippen molar-refractivity contribution >= 4 is 17.4 Å². The molecule has 0 fully saturated rings. The normalized spacial score (nSPS) is 12.1. The molecule has 0 saturated carbocycles. The molecule has 0 aliphatic carbocycles. The molecule has 0 unspecified atom stereocenters. The van der Waals surface area contributed by atoms with Crippen LogP contribution in [0.15, 0.2) is 30.6 Å². The van der Waals surface area contributed by atoms with Gasteiger partial charge in [0.15, 0.2) is 11.5 Å². The number of aromatic nitrogens is 2. The van der Waals surface area contributed by atoms with E-state index in [9.17, 15) is 4.79 Å². The molecule has 3 rings (SSSR count). The minimum absolute atomic E-state index is 0.197. The number of nitrogens with zero attached hydrogens (tertiary/aromatic N) is 2. The Bertz CT molecular complexity index is 660. The van der Waals surface area contributed by atoms with Gasteiger partial charge in [-0.25, -0.2) is 4.98 Å². The lowest BCUT2D eigenvalue weighted by atomic mass is 10.2. The molecular formula is C13H12N4O3. The van der Waals surface area contributed by atoms with E-state index >= 15 is 0 Å². The summed E-state index contributed by atoms with van der Waals surface area (Å²) in [6.07, 6.45) is 2.94. The van der Waals surface area contributed by atoms with E-state index in [0.717, 1.165) is 0 Å². The number of rotatable bonds is 3. The second-order valence-corrected chi connectivity index (χ2v) is 4.06. The fourth-order valence-electron chi connectivity index (χ4n) is 1.77. The van der Waals surface area contributed by atoms with E-state index in [4.69, 9.17) is 9.47 Å². The van der Waals surface area contributed by atoms with Gasteiger partial charge in [-0.1, -0.05) is 0 Å². The van der Waals surface area contributed by atoms with Gasteiger partial charge in [-0.2, -0.15) is 0 Å². The van der Waals surface area contributed by atoms with Gasteiger partial charge in [-0.05, 0) is 12.1 Å². The van der Waals surface area contributed by atoms with Crippen molar-refractivity contribution < 1.29 is 14.3 Å². The predicted octanol–water partition coefficient (Wildman–Crippen LogP) is 1.50. The first-order chi connectivity index (χ1) is 9.76. The van der Waals surface area contributed by atoms with Crippen molar-refractivity contribution in [1.29, 1.82) is 0 Å². The van der Waals surface area contributed by atoms with Gasteiger partial charge >= 0.3 is 0 Å². The van der Waals surface area contributed by atoms with Crippen LogP contribution >= 0.6 is 0 Å². The molecule has 1 amide bonds. The number of carbonyl (C=O) groups excluding carboxylic acids is 1. The van der Waals surface area contributed by atoms with Crippen molar-refractivity contribution in [3.05, 3.63) is 36.3 Å². The van der Waals surface area contributed by atoms with Gasteiger partial charge in [0.1, 0.15) is 11.5 Å². The summed E-state index contributed by atoms with van der Waals surface area (Å²) in [6, 6.07) is 5.18. The molecule has 2 heterocycles. The number of benzene rings is 1. The molecule has 1 aromatic carbocycles. The van der Waals surface area contributed by atoms with Crippen molar-refractivity contribution in [2.45, 2.75) is 0 Å². The molecule has 7 nitrogen and oxygen atoms in total. The second-order valence-electron chi connectivity index (χ2n) is 4.06. The predicted molar refractivity (Wildman–Crippen MR) is 72.1 cm³/mol. The van der Waals surface area contributed by atoms with Gasteiger partial charge < -0.3 is 20.1 Å². The Labute approximate surface area is 115 Å². The Morgan fingerprint density at radius 1 is 1.25 bits per heavy atom. The molecule has 7 heteroatoms. The van der Waals surface area contributed by atoms with Crippen LogP contribution in [0.5, 0.6) is 11.5 Å². The highest BCUT2D eigenvalue weighted by molar-refractivity contribution is 6.03. The molecule has 1 aliphatic rings. The summed E-state index contributed by atoms with van der Waals surface area (Å²) < 4.78 is 10.5. The van der Waals surface area contributed by atoms with Crippen molar-refractivity contribution in [3.63, 3.8) is 0 Å². The van der Waals surface area contributed by atoms with Crippen LogP contribution in [0.4, 0.5) is 11.5 Å². The maximum absolute atomic E-state index is 12.1. The van der Waals surface area contributed by atoms with Crippen LogP contribution in [0.3, 0.4) is 0 Å². The van der Waals surface area contributed by atoms with Crippen molar-refractivity contribution in [2.75, 3.05) is 24.5 Å². The van der Waals surface area contributed by atoms with Gasteiger partial charge in [-0.3, -0.25) is 9.78 Å². The number of hydrogen-bond donors (Lipinski definition) is 2. The lowest BCUT2D eigenvalue weighted by Gasteiger charge is -2.06. The molecule has 20 heavy (non-hydrogen) atoms. The third-order valence-corrected chi connectivity index (χ3v) is 2.75. The van der Waals surface area contributed by atoms with Crippen LogP contribution < -0.4 is 20.1 Å². The third kappa shape index (κ3) is 2.33. The highest BCUT2D eigenvalue weighted by Crippen LogP contribution is 2.34. The van der Waals surface area contributed by atoms with Gasteiger partial charge in [-0.15, -0.1) is 0 Å². The number of amides is 1. The lowest BCUT2D eigenvalue weighted by molar-refractivity contribution is 0.102. The zero-order chi connectivity index (χ0) is 13.9. The van der Waals surface area contributed by atoms with Gasteiger partial charge in [0.2, 0.25) is 6.79 Å². The Morgan fingerprint density at radius 3 is 2.95 bits per heavy atom. The molecular weight excluding hydrogens is 260 g/mol. The molecule has 102 valence electrons. The minimum atomic E-state index is -0.339. The fraction of sp³-hybridized carbons (Fsp3) is 0.154. The van der Waals surface area contributed by atoms with E-state index in [-0.39, 0.29) is 18.4 Å². The summed E-state index contributed by atoms with van der Waals surface area (Å²) in [5.41, 5.74) is 0.838. The highest BCUT2D eigenvalue weighted by Gasteiger charge is 2.15. The maximum Gasteiger partial charge on any atom is 0.275 e. The lowest BCUT2D eigenvalue weighted by Crippen LogP contribution is -2.14. The van der Waals surface area contributed by atoms with Crippen LogP contribution in [-0.2, 0) is 0 Å². The Hall–Kier alpha value is -2.83. The van der Waals surface area contributed by atoms with E-state index in [1.54, 1.807) is 25.2 Å². The first-order valence-electron chi connectivity index (χ1n) is 5.97. The SMILES string of the molecule is CNc1cncc(C(=O)Nc2ccc3c(c2)OCO3)n1. The maximum atomic E-state index is 12.1. The fourth-order valence-corrected chi connectivity index (χ4v) is 1.77. The Balaban J connectivity index is 1.78. The Kier molecular flexibility index (Phi) is 3.08. The average Bonchev–Trinajstić information content (AvgIpc) is 2.95. The van der Waals surface area contributed by atoms with Crippen LogP contribution in [0.25, 0.3) is 0 Å². The molecule has 2 aromatic rings. The highest BCUT2D eigenvalue weighted by atomic mass is 16.7. The quantitative estimate of drug-likeness (QED) is 0.880. The van der Waals surface area contributed by atoms with Crippen molar-refractivity contribution in [2.24, 2.45) is 0 Å². The zero-order valence-electron chi connectivity index (χ0n) is 10.7. The van der Waals surface area contributed by atoms with E-state index in [0.29, 0.717) is 23.0 Å². The largest absolute Gasteiger partial charge is 0.454 e. The number of nitrogens with one attached hydrogen (secondary N) is 2. The molecule has 0 atom stereocenters. The smallest absolute Gasteiger partial charge is 0.275 e. The number of anilines is 2. The van der Waals surface area contributed by atoms with E-state index in [1.165, 1.54) is 12.4 Å². The first kappa shape index (κ1) is 12.2. The minimum Gasteiger partial charge on any atom is -0.454 e. The third-order valence-electron chi connectivity index (χ3n) is 2.75. The number of fused-ring (bicyclic) bond motifs is 1. The van der Waals surface area contributed by atoms with E-state index in [1.807, 2.05) is 0 Å². The summed E-state index contributed by atoms with van der Waals surface area (Å²) in [6.45, 7) is 0.197. The molecule has 0 saturated heterocycles. The summed E-state index contributed by atoms with van der Waals surface area (Å²) in [5.74, 6) is 1.47. The molecule has 1 aromatic heterocycles. The van der Waals surface area contributed by atoms with Crippen molar-refractivity contribution in [3.8, 4) is 11.5 Å². The van der Waals surface area contributed by atoms with Crippen LogP contribution in [0, 0.1) is 0 Å². The monoisotopic (exact) mass is 272 g/mol. The number of hydrogen-bond acceptors (Lipinski definition) is 6. The average molecular weight is 272 g/mol. The van der Waals surface area contributed by atoms with Crippen LogP contribution in [0.1, 0.15) is 10.5 Å². The molecule has 0 radical (unpaired) electrons. The Morgan fingerprint density at radius 2 is 2.10 bits per heavy atom. The van der Waals surface area contributed by atoms with Gasteiger partial charge in [0.25, 0.3) is 5.91 Å². The summed E-state index contributed by atoms with van der Waals surface area (Å²) in [5, 5.41) is 5.56. The first-order valence-corrected chi connectivity index (χ1v) is 5.97. The standard InChI is InChI=1S/C13H12N4O3/c1-14-12-6-15-5-9(17-12)13(18)16-8-2-3-10-11(4-8)20-7-19-10/h2-6H,7H2,1H3,(H,14,17)(H,16,18). The van der Waals surface area contributed by atoms with E-state index in [2.05, 4.69) is 20.6 Å². The second kappa shape index (κ2) is 5.04. The summed E-state index contributed by atoms with van der Waals surface area (Å²) >= 11 is 0. The summed E-state index contributed by atoms with van der Waals surface area (Å²) in [7, 11) is 1.71. The van der Waals surface area contributed by atoms with Gasteiger partial charge in [0, 0.05) is 18.8 Å². The van der Waals surface area contributed by atoms with Crippen LogP contribution in [-0.4, -0.2) is 29.7 Å². The topological polar surface area (TPSA) is 85.4 Å². The molecule has 0 spiro atoms. The zero-order valence-corrected chi connectivity index (χ0v) is 10.7. The molecule has 0 bridgehead atoms. The molecule has 1 aliphatic heterocycles. The van der Waals surface area contributed by atoms with Crippen molar-refractivity contribution in [1.82, 2.24) is 9.97 Å². The number of ether oxygens (including phenoxy) is 2. The van der Waals surface area contributed by atoms with E-state index < -0.39 is 0 Å². The molecule has 2 N–H and O–H groups in total. The summed E-state index contributed by atoms with van der Waals surface area (Å²) in [4.78, 5) is 20.1. The van der Waals surface area contributed by atoms with Crippen LogP contribution in [0.2, 0.25) is 0 Å². The number of carbonyl (C=O) groups is 1.